The van der Waals surface area contributed by atoms with Crippen LogP contribution in [0, 0.1) is 6.92 Å². The van der Waals surface area contributed by atoms with E-state index in [0.717, 1.165) is 30.9 Å². The van der Waals surface area contributed by atoms with Gasteiger partial charge >= 0.3 is 0 Å². The summed E-state index contributed by atoms with van der Waals surface area (Å²) in [7, 11) is 0. The van der Waals surface area contributed by atoms with Gasteiger partial charge in [-0.25, -0.2) is 0 Å². The van der Waals surface area contributed by atoms with E-state index in [0.29, 0.717) is 6.10 Å². The number of rotatable bonds is 4. The molecule has 2 heterocycles. The highest BCUT2D eigenvalue weighted by Crippen LogP contribution is 2.15. The molecule has 20 heavy (non-hydrogen) atoms. The van der Waals surface area contributed by atoms with Gasteiger partial charge in [-0.1, -0.05) is 12.1 Å². The highest BCUT2D eigenvalue weighted by Gasteiger charge is 2.12. The largest absolute Gasteiger partial charge is 0.377 e. The Hall–Kier alpha value is -1.45. The molecule has 0 spiro atoms. The molecule has 1 aromatic carbocycles. The molecule has 1 aliphatic heterocycles. The molecule has 0 amide bonds. The zero-order valence-electron chi connectivity index (χ0n) is 12.1. The number of ether oxygens (including phenoxy) is 1. The van der Waals surface area contributed by atoms with Crippen molar-refractivity contribution < 1.29 is 4.74 Å². The van der Waals surface area contributed by atoms with E-state index in [1.54, 1.807) is 0 Å². The fourth-order valence-corrected chi connectivity index (χ4v) is 2.73. The van der Waals surface area contributed by atoms with Gasteiger partial charge in [-0.15, -0.1) is 0 Å². The first-order valence-electron chi connectivity index (χ1n) is 7.50. The third-order valence-electron chi connectivity index (χ3n) is 3.87. The molecule has 3 heteroatoms. The first-order valence-corrected chi connectivity index (χ1v) is 7.50. The van der Waals surface area contributed by atoms with Crippen LogP contribution in [0.2, 0.25) is 0 Å². The summed E-state index contributed by atoms with van der Waals surface area (Å²) in [6, 6.07) is 10.7. The fraction of sp³-hybridized carbons (Fsp3) is 0.471. The lowest BCUT2D eigenvalue weighted by molar-refractivity contribution is 0.0168. The molecule has 0 radical (unpaired) electrons. The van der Waals surface area contributed by atoms with Crippen molar-refractivity contribution in [2.75, 3.05) is 13.2 Å². The zero-order chi connectivity index (χ0) is 13.8. The number of hydrogen-bond acceptors (Lipinski definition) is 3. The van der Waals surface area contributed by atoms with E-state index < -0.39 is 0 Å². The summed E-state index contributed by atoms with van der Waals surface area (Å²) in [4.78, 5) is 4.53. The maximum Gasteiger partial charge on any atom is 0.0705 e. The van der Waals surface area contributed by atoms with Crippen LogP contribution in [0.15, 0.2) is 30.3 Å². The average molecular weight is 270 g/mol. The van der Waals surface area contributed by atoms with Gasteiger partial charge in [0.05, 0.1) is 11.6 Å². The minimum absolute atomic E-state index is 0.397. The van der Waals surface area contributed by atoms with Crippen LogP contribution in [0.5, 0.6) is 0 Å². The maximum absolute atomic E-state index is 5.73. The van der Waals surface area contributed by atoms with E-state index in [1.165, 1.54) is 30.2 Å². The number of aromatic nitrogens is 1. The molecule has 3 nitrogen and oxygen atoms in total. The average Bonchev–Trinajstić information content (AvgIpc) is 2.48. The van der Waals surface area contributed by atoms with E-state index in [9.17, 15) is 0 Å². The second-order valence-corrected chi connectivity index (χ2v) is 5.60. The molecular weight excluding hydrogens is 248 g/mol. The first-order chi connectivity index (χ1) is 9.81. The third kappa shape index (κ3) is 3.35. The van der Waals surface area contributed by atoms with Crippen molar-refractivity contribution in [1.82, 2.24) is 10.3 Å². The monoisotopic (exact) mass is 270 g/mol. The van der Waals surface area contributed by atoms with Crippen molar-refractivity contribution in [1.29, 1.82) is 0 Å². The molecule has 0 aliphatic carbocycles. The van der Waals surface area contributed by atoms with Crippen molar-refractivity contribution in [2.45, 2.75) is 38.8 Å². The van der Waals surface area contributed by atoms with Crippen LogP contribution in [-0.2, 0) is 11.3 Å². The van der Waals surface area contributed by atoms with Gasteiger partial charge < -0.3 is 10.1 Å². The Kier molecular flexibility index (Phi) is 4.28. The van der Waals surface area contributed by atoms with Gasteiger partial charge in [-0.3, -0.25) is 4.98 Å². The minimum atomic E-state index is 0.397. The van der Waals surface area contributed by atoms with Crippen molar-refractivity contribution in [3.63, 3.8) is 0 Å². The molecule has 0 bridgehead atoms. The van der Waals surface area contributed by atoms with Gasteiger partial charge in [0.2, 0.25) is 0 Å². The number of benzene rings is 1. The second kappa shape index (κ2) is 6.33. The lowest BCUT2D eigenvalue weighted by Crippen LogP contribution is -2.31. The van der Waals surface area contributed by atoms with E-state index in [-0.39, 0.29) is 0 Å². The molecule has 1 N–H and O–H groups in total. The standard InChI is InChI=1S/C17H22N2O/c1-13-5-7-15-10-14(6-8-17(15)19-13)11-18-12-16-4-2-3-9-20-16/h5-8,10,16,18H,2-4,9,11-12H2,1H3. The second-order valence-electron chi connectivity index (χ2n) is 5.60. The van der Waals surface area contributed by atoms with Crippen LogP contribution in [0.3, 0.4) is 0 Å². The highest BCUT2D eigenvalue weighted by atomic mass is 16.5. The highest BCUT2D eigenvalue weighted by molar-refractivity contribution is 5.79. The van der Waals surface area contributed by atoms with Gasteiger partial charge in [0.15, 0.2) is 0 Å². The molecular formula is C17H22N2O. The molecule has 1 aliphatic rings. The third-order valence-corrected chi connectivity index (χ3v) is 3.87. The lowest BCUT2D eigenvalue weighted by atomic mass is 10.1. The smallest absolute Gasteiger partial charge is 0.0705 e. The number of pyridine rings is 1. The molecule has 1 unspecified atom stereocenters. The maximum atomic E-state index is 5.73. The van der Waals surface area contributed by atoms with Gasteiger partial charge in [-0.2, -0.15) is 0 Å². The molecule has 1 aromatic heterocycles. The van der Waals surface area contributed by atoms with E-state index in [1.807, 2.05) is 6.92 Å². The Morgan fingerprint density at radius 1 is 1.25 bits per heavy atom. The van der Waals surface area contributed by atoms with Gasteiger partial charge in [0.25, 0.3) is 0 Å². The molecule has 2 aromatic rings. The van der Waals surface area contributed by atoms with Crippen molar-refractivity contribution in [3.8, 4) is 0 Å². The van der Waals surface area contributed by atoms with Crippen molar-refractivity contribution >= 4 is 10.9 Å². The Balaban J connectivity index is 1.58. The fourth-order valence-electron chi connectivity index (χ4n) is 2.73. The molecule has 1 fully saturated rings. The predicted octanol–water partition coefficient (Wildman–Crippen LogP) is 3.20. The van der Waals surface area contributed by atoms with Gasteiger partial charge in [0, 0.05) is 30.8 Å². The SMILES string of the molecule is Cc1ccc2cc(CNCC3CCCCO3)ccc2n1. The van der Waals surface area contributed by atoms with Crippen LogP contribution < -0.4 is 5.32 Å². The van der Waals surface area contributed by atoms with E-state index in [4.69, 9.17) is 4.74 Å². The Bertz CT molecular complexity index is 576. The number of nitrogens with zero attached hydrogens (tertiary/aromatic N) is 1. The summed E-state index contributed by atoms with van der Waals surface area (Å²) >= 11 is 0. The first kappa shape index (κ1) is 13.5. The van der Waals surface area contributed by atoms with Crippen molar-refractivity contribution in [2.24, 2.45) is 0 Å². The van der Waals surface area contributed by atoms with Crippen LogP contribution in [0.4, 0.5) is 0 Å². The molecule has 1 atom stereocenters. The Labute approximate surface area is 120 Å². The van der Waals surface area contributed by atoms with E-state index >= 15 is 0 Å². The number of hydrogen-bond donors (Lipinski definition) is 1. The molecule has 1 saturated heterocycles. The molecule has 0 saturated carbocycles. The quantitative estimate of drug-likeness (QED) is 0.926. The summed E-state index contributed by atoms with van der Waals surface area (Å²) in [6.07, 6.45) is 4.10. The van der Waals surface area contributed by atoms with Crippen LogP contribution in [-0.4, -0.2) is 24.2 Å². The lowest BCUT2D eigenvalue weighted by Gasteiger charge is -2.22. The predicted molar refractivity (Wildman–Crippen MR) is 81.8 cm³/mol. The van der Waals surface area contributed by atoms with Gasteiger partial charge in [0.1, 0.15) is 0 Å². The van der Waals surface area contributed by atoms with Crippen LogP contribution >= 0.6 is 0 Å². The summed E-state index contributed by atoms with van der Waals surface area (Å²) < 4.78 is 5.73. The molecule has 106 valence electrons. The summed E-state index contributed by atoms with van der Waals surface area (Å²) in [5.74, 6) is 0. The normalized spacial score (nSPS) is 19.4. The summed E-state index contributed by atoms with van der Waals surface area (Å²) in [6.45, 7) is 4.79. The number of nitrogens with one attached hydrogen (secondary N) is 1. The molecule has 3 rings (SSSR count). The van der Waals surface area contributed by atoms with Crippen molar-refractivity contribution in [3.05, 3.63) is 41.6 Å². The van der Waals surface area contributed by atoms with Gasteiger partial charge in [-0.05, 0) is 49.9 Å². The number of aryl methyl sites for hydroxylation is 1. The Morgan fingerprint density at radius 3 is 3.05 bits per heavy atom. The topological polar surface area (TPSA) is 34.1 Å². The van der Waals surface area contributed by atoms with E-state index in [2.05, 4.69) is 40.6 Å². The number of fused-ring (bicyclic) bond motifs is 1. The summed E-state index contributed by atoms with van der Waals surface area (Å²) in [5, 5.41) is 4.71. The summed E-state index contributed by atoms with van der Waals surface area (Å²) in [5.41, 5.74) is 3.45. The zero-order valence-corrected chi connectivity index (χ0v) is 12.1. The Morgan fingerprint density at radius 2 is 2.20 bits per heavy atom. The van der Waals surface area contributed by atoms with Crippen LogP contribution in [0.1, 0.15) is 30.5 Å². The van der Waals surface area contributed by atoms with Crippen LogP contribution in [0.25, 0.3) is 10.9 Å². The minimum Gasteiger partial charge on any atom is -0.377 e.